The second-order valence-electron chi connectivity index (χ2n) is 5.98. The number of ether oxygens (including phenoxy) is 1. The van der Waals surface area contributed by atoms with Gasteiger partial charge < -0.3 is 10.5 Å². The highest BCUT2D eigenvalue weighted by atomic mass is 32.1. The Morgan fingerprint density at radius 2 is 2.10 bits per heavy atom. The highest BCUT2D eigenvalue weighted by Gasteiger charge is 2.20. The number of methoxy groups -OCH3 is 1. The molecule has 0 spiro atoms. The van der Waals surface area contributed by atoms with Gasteiger partial charge in [-0.3, -0.25) is 0 Å². The van der Waals surface area contributed by atoms with Crippen LogP contribution in [0.2, 0.25) is 0 Å². The van der Waals surface area contributed by atoms with E-state index in [9.17, 15) is 0 Å². The van der Waals surface area contributed by atoms with Gasteiger partial charge >= 0.3 is 0 Å². The van der Waals surface area contributed by atoms with Crippen molar-refractivity contribution in [1.82, 2.24) is 4.98 Å². The zero-order valence-corrected chi connectivity index (χ0v) is 13.3. The third-order valence-corrected chi connectivity index (χ3v) is 4.11. The molecule has 0 aliphatic heterocycles. The Morgan fingerprint density at radius 1 is 1.35 bits per heavy atom. The Morgan fingerprint density at radius 3 is 2.70 bits per heavy atom. The average molecular weight is 290 g/mol. The summed E-state index contributed by atoms with van der Waals surface area (Å²) in [5, 5.41) is 3.07. The molecule has 0 saturated heterocycles. The van der Waals surface area contributed by atoms with E-state index >= 15 is 0 Å². The second-order valence-corrected chi connectivity index (χ2v) is 6.87. The number of thiazole rings is 1. The molecule has 0 amide bonds. The lowest BCUT2D eigenvalue weighted by molar-refractivity contribution is 0.185. The number of hydrogen-bond donors (Lipinski definition) is 1. The van der Waals surface area contributed by atoms with Gasteiger partial charge in [0.05, 0.1) is 18.3 Å². The molecule has 1 aromatic heterocycles. The van der Waals surface area contributed by atoms with Gasteiger partial charge in [0.15, 0.2) is 0 Å². The fourth-order valence-corrected chi connectivity index (χ4v) is 3.03. The first-order valence-corrected chi connectivity index (χ1v) is 7.59. The van der Waals surface area contributed by atoms with Crippen LogP contribution in [0, 0.1) is 0 Å². The lowest BCUT2D eigenvalue weighted by Gasteiger charge is -2.15. The zero-order chi connectivity index (χ0) is 14.8. The van der Waals surface area contributed by atoms with Crippen LogP contribution in [-0.2, 0) is 16.8 Å². The maximum atomic E-state index is 6.35. The van der Waals surface area contributed by atoms with Crippen LogP contribution >= 0.6 is 11.3 Å². The number of rotatable bonds is 4. The summed E-state index contributed by atoms with van der Waals surface area (Å²) in [6.45, 7) is 7.09. The molecule has 108 valence electrons. The number of benzene rings is 1. The van der Waals surface area contributed by atoms with Gasteiger partial charge in [0.1, 0.15) is 5.01 Å². The van der Waals surface area contributed by atoms with Crippen LogP contribution in [0.15, 0.2) is 29.6 Å². The van der Waals surface area contributed by atoms with Gasteiger partial charge in [-0.05, 0) is 11.1 Å². The minimum Gasteiger partial charge on any atom is -0.380 e. The van der Waals surface area contributed by atoms with E-state index < -0.39 is 0 Å². The van der Waals surface area contributed by atoms with Gasteiger partial charge in [-0.1, -0.05) is 45.0 Å². The summed E-state index contributed by atoms with van der Waals surface area (Å²) in [5.74, 6) is 0. The molecule has 0 fully saturated rings. The largest absolute Gasteiger partial charge is 0.380 e. The summed E-state index contributed by atoms with van der Waals surface area (Å²) in [6.07, 6.45) is 0. The number of nitrogens with two attached hydrogens (primary N) is 1. The molecule has 0 aliphatic carbocycles. The molecule has 0 aliphatic rings. The van der Waals surface area contributed by atoms with Crippen LogP contribution in [-0.4, -0.2) is 12.1 Å². The number of hydrogen-bond acceptors (Lipinski definition) is 4. The molecule has 0 bridgehead atoms. The quantitative estimate of drug-likeness (QED) is 0.935. The van der Waals surface area contributed by atoms with Gasteiger partial charge in [0.25, 0.3) is 0 Å². The van der Waals surface area contributed by atoms with Crippen LogP contribution in [0.5, 0.6) is 0 Å². The maximum Gasteiger partial charge on any atom is 0.114 e. The van der Waals surface area contributed by atoms with Crippen LogP contribution in [0.4, 0.5) is 0 Å². The molecule has 2 N–H and O–H groups in total. The van der Waals surface area contributed by atoms with Crippen molar-refractivity contribution in [2.45, 2.75) is 38.8 Å². The van der Waals surface area contributed by atoms with E-state index in [2.05, 4.69) is 32.2 Å². The van der Waals surface area contributed by atoms with Crippen molar-refractivity contribution in [2.24, 2.45) is 5.73 Å². The smallest absolute Gasteiger partial charge is 0.114 e. The maximum absolute atomic E-state index is 6.35. The summed E-state index contributed by atoms with van der Waals surface area (Å²) in [5.41, 5.74) is 9.72. The molecular weight excluding hydrogens is 268 g/mol. The molecule has 0 radical (unpaired) electrons. The van der Waals surface area contributed by atoms with Crippen molar-refractivity contribution in [3.8, 4) is 0 Å². The first-order valence-electron chi connectivity index (χ1n) is 6.71. The van der Waals surface area contributed by atoms with E-state index in [1.54, 1.807) is 18.4 Å². The van der Waals surface area contributed by atoms with E-state index in [0.717, 1.165) is 21.8 Å². The zero-order valence-electron chi connectivity index (χ0n) is 12.5. The molecule has 1 aromatic carbocycles. The van der Waals surface area contributed by atoms with Crippen molar-refractivity contribution in [2.75, 3.05) is 7.11 Å². The minimum absolute atomic E-state index is 0.0619. The van der Waals surface area contributed by atoms with E-state index in [4.69, 9.17) is 15.5 Å². The number of nitrogens with zero attached hydrogens (tertiary/aromatic N) is 1. The molecule has 1 atom stereocenters. The van der Waals surface area contributed by atoms with E-state index in [1.807, 2.05) is 18.2 Å². The summed E-state index contributed by atoms with van der Waals surface area (Å²) < 4.78 is 5.16. The van der Waals surface area contributed by atoms with Gasteiger partial charge in [0.2, 0.25) is 0 Å². The fourth-order valence-electron chi connectivity index (χ4n) is 1.96. The molecule has 1 heterocycles. The van der Waals surface area contributed by atoms with E-state index in [0.29, 0.717) is 6.61 Å². The van der Waals surface area contributed by atoms with Crippen molar-refractivity contribution < 1.29 is 4.74 Å². The van der Waals surface area contributed by atoms with Crippen LogP contribution in [0.25, 0.3) is 0 Å². The monoisotopic (exact) mass is 290 g/mol. The third-order valence-electron chi connectivity index (χ3n) is 3.18. The van der Waals surface area contributed by atoms with Crippen LogP contribution < -0.4 is 5.73 Å². The van der Waals surface area contributed by atoms with Crippen molar-refractivity contribution >= 4 is 11.3 Å². The molecule has 1 unspecified atom stereocenters. The van der Waals surface area contributed by atoms with Gasteiger partial charge in [0, 0.05) is 17.9 Å². The summed E-state index contributed by atoms with van der Waals surface area (Å²) in [6, 6.07) is 8.02. The standard InChI is InChI=1S/C16H22N2OS/c1-16(2,3)13-10-20-15(18-13)14(17)12-7-5-6-11(8-12)9-19-4/h5-8,10,14H,9,17H2,1-4H3. The van der Waals surface area contributed by atoms with E-state index in [1.165, 1.54) is 0 Å². The first-order chi connectivity index (χ1) is 9.41. The fraction of sp³-hybridized carbons (Fsp3) is 0.438. The van der Waals surface area contributed by atoms with Gasteiger partial charge in [-0.25, -0.2) is 4.98 Å². The Balaban J connectivity index is 2.24. The lowest BCUT2D eigenvalue weighted by Crippen LogP contribution is -2.15. The lowest BCUT2D eigenvalue weighted by atomic mass is 9.93. The van der Waals surface area contributed by atoms with Crippen molar-refractivity contribution in [3.05, 3.63) is 51.5 Å². The normalized spacial score (nSPS) is 13.4. The molecule has 20 heavy (non-hydrogen) atoms. The van der Waals surface area contributed by atoms with Gasteiger partial charge in [-0.15, -0.1) is 11.3 Å². The predicted molar refractivity (Wildman–Crippen MR) is 84.0 cm³/mol. The molecule has 0 saturated carbocycles. The van der Waals surface area contributed by atoms with E-state index in [-0.39, 0.29) is 11.5 Å². The van der Waals surface area contributed by atoms with Crippen molar-refractivity contribution in [3.63, 3.8) is 0 Å². The summed E-state index contributed by atoms with van der Waals surface area (Å²) >= 11 is 1.63. The SMILES string of the molecule is COCc1cccc(C(N)c2nc(C(C)(C)C)cs2)c1. The minimum atomic E-state index is -0.173. The van der Waals surface area contributed by atoms with Crippen LogP contribution in [0.3, 0.4) is 0 Å². The Hall–Kier alpha value is -1.23. The Kier molecular flexibility index (Phi) is 4.58. The Bertz CT molecular complexity index is 572. The second kappa shape index (κ2) is 6.04. The van der Waals surface area contributed by atoms with Gasteiger partial charge in [-0.2, -0.15) is 0 Å². The topological polar surface area (TPSA) is 48.1 Å². The van der Waals surface area contributed by atoms with Crippen molar-refractivity contribution in [1.29, 1.82) is 0 Å². The summed E-state index contributed by atoms with van der Waals surface area (Å²) in [4.78, 5) is 4.70. The molecular formula is C16H22N2OS. The molecule has 2 rings (SSSR count). The third kappa shape index (κ3) is 3.45. The average Bonchev–Trinajstić information content (AvgIpc) is 2.88. The highest BCUT2D eigenvalue weighted by molar-refractivity contribution is 7.09. The molecule has 3 nitrogen and oxygen atoms in total. The molecule has 2 aromatic rings. The highest BCUT2D eigenvalue weighted by Crippen LogP contribution is 2.29. The van der Waals surface area contributed by atoms with Crippen LogP contribution in [0.1, 0.15) is 48.6 Å². The summed E-state index contributed by atoms with van der Waals surface area (Å²) in [7, 11) is 1.70. The first kappa shape index (κ1) is 15.2. The number of aromatic nitrogens is 1. The Labute approximate surface area is 124 Å². The molecule has 4 heteroatoms. The predicted octanol–water partition coefficient (Wildman–Crippen LogP) is 3.64.